The second kappa shape index (κ2) is 6.92. The first-order valence-electron chi connectivity index (χ1n) is 8.85. The molecule has 0 saturated carbocycles. The third kappa shape index (κ3) is 3.37. The molecular weight excluding hydrogens is 352 g/mol. The number of fused-ring (bicyclic) bond motifs is 1. The van der Waals surface area contributed by atoms with Gasteiger partial charge >= 0.3 is 0 Å². The SMILES string of the molecule is C[C@H]1CCc2sc(C(=O)N3CCN(C(=O)c4cccs4)CC3)cc2C1. The molecule has 2 aromatic heterocycles. The number of carbonyl (C=O) groups is 2. The fraction of sp³-hybridized carbons (Fsp3) is 0.474. The molecule has 2 aliphatic rings. The highest BCUT2D eigenvalue weighted by Crippen LogP contribution is 2.32. The van der Waals surface area contributed by atoms with Gasteiger partial charge in [0, 0.05) is 31.1 Å². The maximum Gasteiger partial charge on any atom is 0.264 e. The monoisotopic (exact) mass is 374 g/mol. The standard InChI is InChI=1S/C19H22N2O2S2/c1-13-4-5-15-14(11-13)12-17(25-15)19(23)21-8-6-20(7-9-21)18(22)16-3-2-10-24-16/h2-3,10,12-13H,4-9,11H2,1H3/t13-/m0/s1. The molecule has 1 aliphatic carbocycles. The number of amides is 2. The van der Waals surface area contributed by atoms with Gasteiger partial charge in [-0.3, -0.25) is 9.59 Å². The summed E-state index contributed by atoms with van der Waals surface area (Å²) >= 11 is 3.15. The Hall–Kier alpha value is -1.66. The van der Waals surface area contributed by atoms with Crippen LogP contribution in [-0.4, -0.2) is 47.8 Å². The van der Waals surface area contributed by atoms with Gasteiger partial charge < -0.3 is 9.80 Å². The van der Waals surface area contributed by atoms with E-state index in [2.05, 4.69) is 13.0 Å². The minimum absolute atomic E-state index is 0.0858. The van der Waals surface area contributed by atoms with Crippen LogP contribution in [0, 0.1) is 5.92 Å². The summed E-state index contributed by atoms with van der Waals surface area (Å²) in [7, 11) is 0. The van der Waals surface area contributed by atoms with Crippen molar-refractivity contribution >= 4 is 34.5 Å². The summed E-state index contributed by atoms with van der Waals surface area (Å²) in [5.74, 6) is 0.940. The van der Waals surface area contributed by atoms with Crippen molar-refractivity contribution in [3.63, 3.8) is 0 Å². The van der Waals surface area contributed by atoms with Crippen LogP contribution in [0.4, 0.5) is 0 Å². The van der Waals surface area contributed by atoms with Gasteiger partial charge in [0.05, 0.1) is 9.75 Å². The molecule has 6 heteroatoms. The summed E-state index contributed by atoms with van der Waals surface area (Å²) < 4.78 is 0. The third-order valence-electron chi connectivity index (χ3n) is 5.13. The van der Waals surface area contributed by atoms with Crippen molar-refractivity contribution in [2.45, 2.75) is 26.2 Å². The van der Waals surface area contributed by atoms with Crippen molar-refractivity contribution in [3.8, 4) is 0 Å². The van der Waals surface area contributed by atoms with Gasteiger partial charge in [0.1, 0.15) is 0 Å². The highest BCUT2D eigenvalue weighted by atomic mass is 32.1. The second-order valence-corrected chi connectivity index (χ2v) is 9.05. The minimum atomic E-state index is 0.0858. The molecule has 2 aromatic rings. The largest absolute Gasteiger partial charge is 0.334 e. The van der Waals surface area contributed by atoms with Crippen molar-refractivity contribution in [2.24, 2.45) is 5.92 Å². The van der Waals surface area contributed by atoms with Crippen molar-refractivity contribution in [3.05, 3.63) is 43.8 Å². The fourth-order valence-electron chi connectivity index (χ4n) is 3.64. The molecule has 0 unspecified atom stereocenters. The average molecular weight is 375 g/mol. The quantitative estimate of drug-likeness (QED) is 0.807. The van der Waals surface area contributed by atoms with Crippen molar-refractivity contribution in [1.29, 1.82) is 0 Å². The highest BCUT2D eigenvalue weighted by molar-refractivity contribution is 7.14. The Kier molecular flexibility index (Phi) is 4.65. The molecule has 3 heterocycles. The molecule has 0 aromatic carbocycles. The number of nitrogens with zero attached hydrogens (tertiary/aromatic N) is 2. The first-order chi connectivity index (χ1) is 12.1. The molecule has 1 aliphatic heterocycles. The normalized spacial score (nSPS) is 20.4. The third-order valence-corrected chi connectivity index (χ3v) is 7.21. The molecule has 0 spiro atoms. The Bertz CT molecular complexity index is 773. The molecule has 132 valence electrons. The topological polar surface area (TPSA) is 40.6 Å². The number of rotatable bonds is 2. The van der Waals surface area contributed by atoms with Crippen molar-refractivity contribution in [1.82, 2.24) is 9.80 Å². The predicted molar refractivity (Wildman–Crippen MR) is 102 cm³/mol. The Morgan fingerprint density at radius 1 is 1.08 bits per heavy atom. The molecule has 0 N–H and O–H groups in total. The van der Waals surface area contributed by atoms with Crippen molar-refractivity contribution < 1.29 is 9.59 Å². The summed E-state index contributed by atoms with van der Waals surface area (Å²) in [4.78, 5) is 32.1. The Morgan fingerprint density at radius 3 is 2.40 bits per heavy atom. The summed E-state index contributed by atoms with van der Waals surface area (Å²) in [5.41, 5.74) is 1.37. The number of thiophene rings is 2. The smallest absolute Gasteiger partial charge is 0.264 e. The lowest BCUT2D eigenvalue weighted by atomic mass is 9.90. The van der Waals surface area contributed by atoms with E-state index in [1.165, 1.54) is 28.2 Å². The minimum Gasteiger partial charge on any atom is -0.334 e. The zero-order valence-corrected chi connectivity index (χ0v) is 16.0. The summed E-state index contributed by atoms with van der Waals surface area (Å²) in [6.45, 7) is 4.75. The molecule has 0 bridgehead atoms. The number of carbonyl (C=O) groups excluding carboxylic acids is 2. The number of hydrogen-bond acceptors (Lipinski definition) is 4. The van der Waals surface area contributed by atoms with E-state index in [0.29, 0.717) is 26.2 Å². The van der Waals surface area contributed by atoms with Gasteiger partial charge in [0.15, 0.2) is 0 Å². The van der Waals surface area contributed by atoms with Crippen LogP contribution in [0.1, 0.15) is 43.1 Å². The van der Waals surface area contributed by atoms with E-state index in [1.807, 2.05) is 27.3 Å². The van der Waals surface area contributed by atoms with Gasteiger partial charge in [0.2, 0.25) is 0 Å². The Balaban J connectivity index is 1.39. The summed E-state index contributed by atoms with van der Waals surface area (Å²) in [6.07, 6.45) is 3.43. The fourth-order valence-corrected chi connectivity index (χ4v) is 5.50. The van der Waals surface area contributed by atoms with Crippen LogP contribution < -0.4 is 0 Å². The summed E-state index contributed by atoms with van der Waals surface area (Å²) in [6, 6.07) is 5.87. The lowest BCUT2D eigenvalue weighted by molar-refractivity contribution is 0.0540. The molecule has 0 radical (unpaired) electrons. The van der Waals surface area contributed by atoms with Crippen molar-refractivity contribution in [2.75, 3.05) is 26.2 Å². The first-order valence-corrected chi connectivity index (χ1v) is 10.5. The second-order valence-electron chi connectivity index (χ2n) is 6.97. The highest BCUT2D eigenvalue weighted by Gasteiger charge is 2.28. The molecule has 1 saturated heterocycles. The maximum atomic E-state index is 12.8. The lowest BCUT2D eigenvalue weighted by Crippen LogP contribution is -2.50. The Labute approximate surface area is 156 Å². The van der Waals surface area contributed by atoms with Crippen LogP contribution in [-0.2, 0) is 12.8 Å². The van der Waals surface area contributed by atoms with Crippen LogP contribution in [0.25, 0.3) is 0 Å². The van der Waals surface area contributed by atoms with E-state index in [9.17, 15) is 9.59 Å². The molecule has 2 amide bonds. The maximum absolute atomic E-state index is 12.8. The van der Waals surface area contributed by atoms with Gasteiger partial charge in [-0.25, -0.2) is 0 Å². The molecular formula is C19H22N2O2S2. The van der Waals surface area contributed by atoms with Gasteiger partial charge in [0.25, 0.3) is 11.8 Å². The van der Waals surface area contributed by atoms with Crippen LogP contribution >= 0.6 is 22.7 Å². The number of hydrogen-bond donors (Lipinski definition) is 0. The van der Waals surface area contributed by atoms with Gasteiger partial charge in [-0.1, -0.05) is 13.0 Å². The van der Waals surface area contributed by atoms with Crippen LogP contribution in [0.15, 0.2) is 23.6 Å². The predicted octanol–water partition coefficient (Wildman–Crippen LogP) is 3.53. The molecule has 4 nitrogen and oxygen atoms in total. The van der Waals surface area contributed by atoms with Gasteiger partial charge in [-0.2, -0.15) is 0 Å². The number of piperazine rings is 1. The van der Waals surface area contributed by atoms with Crippen LogP contribution in [0.2, 0.25) is 0 Å². The molecule has 1 fully saturated rings. The molecule has 4 rings (SSSR count). The van der Waals surface area contributed by atoms with Gasteiger partial charge in [-0.15, -0.1) is 22.7 Å². The zero-order valence-electron chi connectivity index (χ0n) is 14.4. The molecule has 1 atom stereocenters. The van der Waals surface area contributed by atoms with E-state index < -0.39 is 0 Å². The average Bonchev–Trinajstić information content (AvgIpc) is 3.30. The Morgan fingerprint density at radius 2 is 1.76 bits per heavy atom. The zero-order chi connectivity index (χ0) is 17.4. The van der Waals surface area contributed by atoms with Gasteiger partial charge in [-0.05, 0) is 48.3 Å². The molecule has 25 heavy (non-hydrogen) atoms. The van der Waals surface area contributed by atoms with E-state index in [-0.39, 0.29) is 11.8 Å². The van der Waals surface area contributed by atoms with E-state index in [0.717, 1.165) is 28.5 Å². The first kappa shape index (κ1) is 16.8. The van der Waals surface area contributed by atoms with Crippen LogP contribution in [0.5, 0.6) is 0 Å². The van der Waals surface area contributed by atoms with E-state index >= 15 is 0 Å². The lowest BCUT2D eigenvalue weighted by Gasteiger charge is -2.34. The van der Waals surface area contributed by atoms with Crippen LogP contribution in [0.3, 0.4) is 0 Å². The van der Waals surface area contributed by atoms with E-state index in [4.69, 9.17) is 0 Å². The number of aryl methyl sites for hydroxylation is 1. The summed E-state index contributed by atoms with van der Waals surface area (Å²) in [5, 5.41) is 1.92. The van der Waals surface area contributed by atoms with E-state index in [1.54, 1.807) is 11.3 Å².